The molecule has 0 radical (unpaired) electrons. The molecule has 4 aromatic rings. The summed E-state index contributed by atoms with van der Waals surface area (Å²) in [7, 11) is -0.521. The molecule has 0 aliphatic heterocycles. The summed E-state index contributed by atoms with van der Waals surface area (Å²) in [4.78, 5) is 22.4. The number of amides is 1. The third-order valence-electron chi connectivity index (χ3n) is 4.63. The van der Waals surface area contributed by atoms with Crippen molar-refractivity contribution in [3.63, 3.8) is 0 Å². The number of benzene rings is 2. The zero-order valence-corrected chi connectivity index (χ0v) is 19.7. The minimum absolute atomic E-state index is 0.00563. The number of phenols is 1. The molecule has 0 spiro atoms. The number of azo groups is 1. The van der Waals surface area contributed by atoms with Gasteiger partial charge >= 0.3 is 0 Å². The second-order valence-corrected chi connectivity index (χ2v) is 9.94. The standard InChI is InChI=1S/C20H19N7O4S2/c1-10-21-9-13-18(22-10)25-32-19(13)24-23-15-8-12(20(29)27(2)3)17(28)11-6-5-7-14(16(11)15)26-33(4,30)31/h5-9,26,28H,1-4H3/b24-23+. The van der Waals surface area contributed by atoms with E-state index in [4.69, 9.17) is 0 Å². The summed E-state index contributed by atoms with van der Waals surface area (Å²) in [5.74, 6) is -0.157. The first-order chi connectivity index (χ1) is 15.5. The second-order valence-electron chi connectivity index (χ2n) is 7.44. The molecule has 0 aliphatic carbocycles. The summed E-state index contributed by atoms with van der Waals surface area (Å²) >= 11 is 1.08. The average Bonchev–Trinajstić information content (AvgIpc) is 3.13. The summed E-state index contributed by atoms with van der Waals surface area (Å²) in [6.07, 6.45) is 2.62. The van der Waals surface area contributed by atoms with Crippen LogP contribution in [0.3, 0.4) is 0 Å². The molecule has 13 heteroatoms. The molecule has 2 N–H and O–H groups in total. The lowest BCUT2D eigenvalue weighted by molar-refractivity contribution is 0.0825. The highest BCUT2D eigenvalue weighted by molar-refractivity contribution is 7.92. The molecule has 0 aliphatic rings. The summed E-state index contributed by atoms with van der Waals surface area (Å²) in [6, 6.07) is 6.05. The number of nitrogens with zero attached hydrogens (tertiary/aromatic N) is 6. The maximum Gasteiger partial charge on any atom is 0.257 e. The van der Waals surface area contributed by atoms with Gasteiger partial charge in [0.25, 0.3) is 5.91 Å². The van der Waals surface area contributed by atoms with Gasteiger partial charge in [-0.05, 0) is 30.6 Å². The van der Waals surface area contributed by atoms with Gasteiger partial charge in [0.2, 0.25) is 10.0 Å². The number of aromatic hydroxyl groups is 1. The Labute approximate surface area is 193 Å². The lowest BCUT2D eigenvalue weighted by Gasteiger charge is -2.16. The Morgan fingerprint density at radius 3 is 2.67 bits per heavy atom. The number of phenolic OH excluding ortho intramolecular Hbond substituents is 1. The van der Waals surface area contributed by atoms with Crippen LogP contribution in [0.15, 0.2) is 40.7 Å². The fraction of sp³-hybridized carbons (Fsp3) is 0.200. The Morgan fingerprint density at radius 2 is 1.97 bits per heavy atom. The van der Waals surface area contributed by atoms with Crippen LogP contribution >= 0.6 is 11.5 Å². The molecule has 0 saturated heterocycles. The van der Waals surface area contributed by atoms with Crippen molar-refractivity contribution < 1.29 is 18.3 Å². The molecule has 170 valence electrons. The molecule has 0 unspecified atom stereocenters. The number of sulfonamides is 1. The van der Waals surface area contributed by atoms with Crippen molar-refractivity contribution in [1.29, 1.82) is 0 Å². The molecular weight excluding hydrogens is 466 g/mol. The monoisotopic (exact) mass is 485 g/mol. The van der Waals surface area contributed by atoms with E-state index in [2.05, 4.69) is 29.3 Å². The van der Waals surface area contributed by atoms with Crippen LogP contribution in [0.4, 0.5) is 16.4 Å². The van der Waals surface area contributed by atoms with Gasteiger partial charge in [-0.2, -0.15) is 4.37 Å². The predicted octanol–water partition coefficient (Wildman–Crippen LogP) is 3.74. The summed E-state index contributed by atoms with van der Waals surface area (Å²) in [5, 5.41) is 21.0. The van der Waals surface area contributed by atoms with Crippen molar-refractivity contribution in [2.45, 2.75) is 6.92 Å². The van der Waals surface area contributed by atoms with E-state index in [9.17, 15) is 18.3 Å². The maximum absolute atomic E-state index is 12.7. The van der Waals surface area contributed by atoms with E-state index in [1.54, 1.807) is 39.3 Å². The van der Waals surface area contributed by atoms with Gasteiger partial charge in [0.15, 0.2) is 10.6 Å². The largest absolute Gasteiger partial charge is 0.506 e. The Balaban J connectivity index is 1.96. The van der Waals surface area contributed by atoms with Crippen molar-refractivity contribution in [3.05, 3.63) is 41.9 Å². The Bertz CT molecular complexity index is 1550. The zero-order valence-electron chi connectivity index (χ0n) is 18.1. The smallest absolute Gasteiger partial charge is 0.257 e. The van der Waals surface area contributed by atoms with E-state index >= 15 is 0 Å². The topological polar surface area (TPSA) is 150 Å². The third kappa shape index (κ3) is 4.45. The SMILES string of the molecule is Cc1ncc2c(/N=N/c3cc(C(=O)N(C)C)c(O)c4cccc(NS(C)(=O)=O)c34)snc2n1. The van der Waals surface area contributed by atoms with E-state index < -0.39 is 15.9 Å². The number of aryl methyl sites for hydroxylation is 1. The van der Waals surface area contributed by atoms with E-state index in [1.807, 2.05) is 0 Å². The normalized spacial score (nSPS) is 12.0. The van der Waals surface area contributed by atoms with Crippen molar-refractivity contribution in [2.75, 3.05) is 25.1 Å². The molecule has 11 nitrogen and oxygen atoms in total. The molecule has 1 amide bonds. The van der Waals surface area contributed by atoms with Gasteiger partial charge in [-0.1, -0.05) is 12.1 Å². The fourth-order valence-electron chi connectivity index (χ4n) is 3.20. The molecule has 4 rings (SSSR count). The van der Waals surface area contributed by atoms with Crippen LogP contribution in [0.5, 0.6) is 5.75 Å². The van der Waals surface area contributed by atoms with Crippen molar-refractivity contribution in [1.82, 2.24) is 19.2 Å². The molecule has 0 fully saturated rings. The first-order valence-electron chi connectivity index (χ1n) is 9.54. The van der Waals surface area contributed by atoms with Gasteiger partial charge in [-0.25, -0.2) is 18.4 Å². The Morgan fingerprint density at radius 1 is 1.21 bits per heavy atom. The van der Waals surface area contributed by atoms with E-state index in [0.717, 1.165) is 17.8 Å². The first-order valence-corrected chi connectivity index (χ1v) is 12.2. The number of hydrogen-bond acceptors (Lipinski definition) is 10. The lowest BCUT2D eigenvalue weighted by atomic mass is 10.0. The van der Waals surface area contributed by atoms with Crippen LogP contribution in [-0.4, -0.2) is 59.0 Å². The van der Waals surface area contributed by atoms with Crippen LogP contribution < -0.4 is 4.72 Å². The Kier molecular flexibility index (Phi) is 5.68. The van der Waals surface area contributed by atoms with Crippen molar-refractivity contribution in [3.8, 4) is 5.75 Å². The van der Waals surface area contributed by atoms with Crippen LogP contribution in [0.25, 0.3) is 21.8 Å². The minimum atomic E-state index is -3.63. The number of carbonyl (C=O) groups is 1. The Hall–Kier alpha value is -3.71. The maximum atomic E-state index is 12.7. The van der Waals surface area contributed by atoms with E-state index in [1.165, 1.54) is 17.0 Å². The van der Waals surface area contributed by atoms with Gasteiger partial charge in [0, 0.05) is 31.1 Å². The quantitative estimate of drug-likeness (QED) is 0.409. The fourth-order valence-corrected chi connectivity index (χ4v) is 4.40. The molecule has 33 heavy (non-hydrogen) atoms. The minimum Gasteiger partial charge on any atom is -0.506 e. The molecule has 0 atom stereocenters. The highest BCUT2D eigenvalue weighted by Gasteiger charge is 2.21. The number of aromatic nitrogens is 3. The molecule has 2 aromatic carbocycles. The third-order valence-corrected chi connectivity index (χ3v) is 5.96. The van der Waals surface area contributed by atoms with Crippen LogP contribution in [-0.2, 0) is 10.0 Å². The highest BCUT2D eigenvalue weighted by atomic mass is 32.2. The summed E-state index contributed by atoms with van der Waals surface area (Å²) < 4.78 is 30.5. The molecular formula is C20H19N7O4S2. The number of rotatable bonds is 5. The van der Waals surface area contributed by atoms with Gasteiger partial charge in [-0.15, -0.1) is 10.2 Å². The van der Waals surface area contributed by atoms with E-state index in [-0.39, 0.29) is 28.1 Å². The van der Waals surface area contributed by atoms with Crippen molar-refractivity contribution >= 4 is 65.6 Å². The number of nitrogens with one attached hydrogen (secondary N) is 1. The average molecular weight is 486 g/mol. The van der Waals surface area contributed by atoms with Crippen LogP contribution in [0.2, 0.25) is 0 Å². The van der Waals surface area contributed by atoms with Crippen LogP contribution in [0, 0.1) is 6.92 Å². The molecule has 2 aromatic heterocycles. The predicted molar refractivity (Wildman–Crippen MR) is 126 cm³/mol. The lowest BCUT2D eigenvalue weighted by Crippen LogP contribution is -2.21. The summed E-state index contributed by atoms with van der Waals surface area (Å²) in [5.41, 5.74) is 0.872. The number of anilines is 1. The second kappa shape index (κ2) is 8.33. The number of hydrogen-bond donors (Lipinski definition) is 2. The van der Waals surface area contributed by atoms with Crippen molar-refractivity contribution in [2.24, 2.45) is 10.2 Å². The van der Waals surface area contributed by atoms with Crippen LogP contribution in [0.1, 0.15) is 16.2 Å². The van der Waals surface area contributed by atoms with Gasteiger partial charge in [0.05, 0.1) is 28.6 Å². The number of carbonyl (C=O) groups excluding carboxylic acids is 1. The molecule has 2 heterocycles. The van der Waals surface area contributed by atoms with E-state index in [0.29, 0.717) is 27.2 Å². The zero-order chi connectivity index (χ0) is 23.9. The number of fused-ring (bicyclic) bond motifs is 2. The summed E-state index contributed by atoms with van der Waals surface area (Å²) in [6.45, 7) is 1.75. The van der Waals surface area contributed by atoms with Gasteiger partial charge in [0.1, 0.15) is 11.6 Å². The van der Waals surface area contributed by atoms with Gasteiger partial charge < -0.3 is 10.0 Å². The molecule has 0 saturated carbocycles. The van der Waals surface area contributed by atoms with Gasteiger partial charge in [-0.3, -0.25) is 9.52 Å². The first kappa shape index (κ1) is 22.5. The molecule has 0 bridgehead atoms. The highest BCUT2D eigenvalue weighted by Crippen LogP contribution is 2.42.